The Morgan fingerprint density at radius 3 is 2.26 bits per heavy atom. The van der Waals surface area contributed by atoms with E-state index in [1.807, 2.05) is 54.6 Å². The summed E-state index contributed by atoms with van der Waals surface area (Å²) in [4.78, 5) is 0. The third kappa shape index (κ3) is 7.97. The summed E-state index contributed by atoms with van der Waals surface area (Å²) in [6, 6.07) is 13.0. The van der Waals surface area contributed by atoms with Crippen molar-refractivity contribution in [1.82, 2.24) is 0 Å². The van der Waals surface area contributed by atoms with Crippen LogP contribution in [-0.2, 0) is 17.1 Å². The zero-order valence-corrected chi connectivity index (χ0v) is 18.0. The van der Waals surface area contributed by atoms with Crippen LogP contribution < -0.4 is 9.76 Å². The fourth-order valence-corrected chi connectivity index (χ4v) is 3.35. The van der Waals surface area contributed by atoms with Crippen molar-refractivity contribution in [1.29, 1.82) is 0 Å². The zero-order valence-electron chi connectivity index (χ0n) is 13.8. The first-order valence-corrected chi connectivity index (χ1v) is 9.10. The Hall–Kier alpha value is -1.47. The van der Waals surface area contributed by atoms with Crippen molar-refractivity contribution in [3.05, 3.63) is 99.0 Å². The van der Waals surface area contributed by atoms with Crippen LogP contribution in [0.5, 0.6) is 5.75 Å². The van der Waals surface area contributed by atoms with Crippen LogP contribution in [0.3, 0.4) is 0 Å². The van der Waals surface area contributed by atoms with E-state index in [1.165, 1.54) is 18.2 Å². The minimum absolute atomic E-state index is 0. The van der Waals surface area contributed by atoms with Crippen molar-refractivity contribution < 1.29 is 35.5 Å². The summed E-state index contributed by atoms with van der Waals surface area (Å²) in [5, 5.41) is 12.2. The maximum atomic E-state index is 12.5. The molecule has 0 spiro atoms. The number of benzene rings is 1. The maximum Gasteiger partial charge on any atom is 2.00 e. The van der Waals surface area contributed by atoms with Crippen molar-refractivity contribution >= 4 is 45.1 Å². The molecule has 1 aliphatic carbocycles. The molecule has 140 valence electrons. The van der Waals surface area contributed by atoms with Gasteiger partial charge in [0.05, 0.1) is 4.47 Å². The van der Waals surface area contributed by atoms with Crippen LogP contribution in [0.15, 0.2) is 93.4 Å². The molecule has 8 heteroatoms. The summed E-state index contributed by atoms with van der Waals surface area (Å²) < 4.78 is 30.2. The largest absolute Gasteiger partial charge is 2.00 e. The molecule has 0 unspecified atom stereocenters. The first-order chi connectivity index (χ1) is 12.5. The Kier molecular flexibility index (Phi) is 10.6. The first kappa shape index (κ1) is 23.6. The molecule has 0 saturated heterocycles. The van der Waals surface area contributed by atoms with E-state index in [1.54, 1.807) is 6.08 Å². The van der Waals surface area contributed by atoms with Gasteiger partial charge in [0, 0.05) is 10.0 Å². The maximum absolute atomic E-state index is 12.5. The van der Waals surface area contributed by atoms with E-state index < -0.39 is 13.2 Å². The molecule has 27 heavy (non-hydrogen) atoms. The van der Waals surface area contributed by atoms with E-state index in [0.29, 0.717) is 4.47 Å². The van der Waals surface area contributed by atoms with E-state index in [2.05, 4.69) is 36.5 Å². The molecule has 0 fully saturated rings. The molecule has 0 aliphatic heterocycles. The smallest absolute Gasteiger partial charge is 0.872 e. The minimum Gasteiger partial charge on any atom is -0.872 e. The van der Waals surface area contributed by atoms with E-state index in [9.17, 15) is 13.7 Å². The second-order valence-electron chi connectivity index (χ2n) is 5.02. The second-order valence-corrected chi connectivity index (χ2v) is 6.79. The fourth-order valence-electron chi connectivity index (χ4n) is 2.03. The molecule has 0 N–H and O–H groups in total. The van der Waals surface area contributed by atoms with Gasteiger partial charge >= 0.3 is 24.5 Å². The third-order valence-corrected chi connectivity index (χ3v) is 4.20. The SMILES string of the molecule is [Fe+2].[O-]C(=CC=C1C=CC=C1)c1cc(Br)cc(Br)c1OB(F)F.c1cc[cH-]c1. The topological polar surface area (TPSA) is 32.3 Å². The molecule has 3 rings (SSSR count). The van der Waals surface area contributed by atoms with Gasteiger partial charge in [-0.3, -0.25) is 0 Å². The second kappa shape index (κ2) is 12.1. The Morgan fingerprint density at radius 1 is 1.11 bits per heavy atom. The predicted molar refractivity (Wildman–Crippen MR) is 107 cm³/mol. The minimum atomic E-state index is -3.01. The average Bonchev–Trinajstić information content (AvgIpc) is 3.30. The van der Waals surface area contributed by atoms with Crippen LogP contribution in [0.4, 0.5) is 8.63 Å². The summed E-state index contributed by atoms with van der Waals surface area (Å²) in [6.07, 6.45) is 10.3. The molecule has 2 nitrogen and oxygen atoms in total. The molecule has 0 saturated carbocycles. The van der Waals surface area contributed by atoms with Crippen LogP contribution in [0.25, 0.3) is 5.76 Å². The molecule has 0 aromatic heterocycles. The van der Waals surface area contributed by atoms with Gasteiger partial charge in [-0.1, -0.05) is 58.1 Å². The van der Waals surface area contributed by atoms with Crippen LogP contribution in [0.2, 0.25) is 0 Å². The fraction of sp³-hybridized carbons (Fsp3) is 0. The summed E-state index contributed by atoms with van der Waals surface area (Å²) in [6.45, 7) is 0. The number of allylic oxidation sites excluding steroid dienone is 7. The van der Waals surface area contributed by atoms with Crippen molar-refractivity contribution in [2.24, 2.45) is 0 Å². The Labute approximate surface area is 184 Å². The molecular weight excluding hydrogens is 525 g/mol. The van der Waals surface area contributed by atoms with E-state index in [-0.39, 0.29) is 32.9 Å². The van der Waals surface area contributed by atoms with Gasteiger partial charge < -0.3 is 9.76 Å². The van der Waals surface area contributed by atoms with Gasteiger partial charge in [0.2, 0.25) is 0 Å². The van der Waals surface area contributed by atoms with Crippen molar-refractivity contribution in [3.8, 4) is 5.75 Å². The monoisotopic (exact) mass is 536 g/mol. The average molecular weight is 538 g/mol. The van der Waals surface area contributed by atoms with E-state index in [4.69, 9.17) is 0 Å². The summed E-state index contributed by atoms with van der Waals surface area (Å²) >= 11 is 6.34. The molecule has 0 radical (unpaired) electrons. The zero-order chi connectivity index (χ0) is 18.9. The van der Waals surface area contributed by atoms with E-state index >= 15 is 0 Å². The number of hydrogen-bond donors (Lipinski definition) is 0. The van der Waals surface area contributed by atoms with Crippen molar-refractivity contribution in [2.75, 3.05) is 0 Å². The molecule has 1 aliphatic rings. The number of rotatable bonds is 4. The van der Waals surface area contributed by atoms with Crippen LogP contribution >= 0.6 is 31.9 Å². The number of halogens is 4. The third-order valence-electron chi connectivity index (χ3n) is 3.15. The summed E-state index contributed by atoms with van der Waals surface area (Å²) in [5.74, 6) is -0.598. The summed E-state index contributed by atoms with van der Waals surface area (Å²) in [5.41, 5.74) is 0.910. The molecule has 0 atom stereocenters. The molecular formula is C19H13BBr2F2FeO2. The van der Waals surface area contributed by atoms with Gasteiger partial charge in [-0.15, -0.1) is 0 Å². The van der Waals surface area contributed by atoms with Gasteiger partial charge in [-0.05, 0) is 33.6 Å². The van der Waals surface area contributed by atoms with Gasteiger partial charge in [-0.2, -0.15) is 18.2 Å². The van der Waals surface area contributed by atoms with Crippen molar-refractivity contribution in [2.45, 2.75) is 0 Å². The number of hydrogen-bond acceptors (Lipinski definition) is 2. The van der Waals surface area contributed by atoms with Crippen LogP contribution in [0.1, 0.15) is 5.56 Å². The molecule has 0 bridgehead atoms. The van der Waals surface area contributed by atoms with Gasteiger partial charge in [0.1, 0.15) is 5.75 Å². The van der Waals surface area contributed by atoms with Gasteiger partial charge in [0.15, 0.2) is 0 Å². The first-order valence-electron chi connectivity index (χ1n) is 7.52. The van der Waals surface area contributed by atoms with E-state index in [0.717, 1.165) is 5.57 Å². The quantitative estimate of drug-likeness (QED) is 0.286. The Bertz CT molecular complexity index is 816. The predicted octanol–water partition coefficient (Wildman–Crippen LogP) is 5.67. The molecule has 0 amide bonds. The Balaban J connectivity index is 0.000000526. The Morgan fingerprint density at radius 2 is 1.74 bits per heavy atom. The van der Waals surface area contributed by atoms with Gasteiger partial charge in [-0.25, -0.2) is 20.8 Å². The molecule has 0 heterocycles. The van der Waals surface area contributed by atoms with Gasteiger partial charge in [0.25, 0.3) is 0 Å². The van der Waals surface area contributed by atoms with Crippen LogP contribution in [0, 0.1) is 0 Å². The van der Waals surface area contributed by atoms with Crippen LogP contribution in [-0.4, -0.2) is 7.47 Å². The molecule has 2 aromatic carbocycles. The summed E-state index contributed by atoms with van der Waals surface area (Å²) in [7, 11) is -3.01. The van der Waals surface area contributed by atoms with Crippen molar-refractivity contribution in [3.63, 3.8) is 0 Å². The standard InChI is InChI=1S/C14H9BBr2F2O2.C5H5.Fe/c16-10-7-11(14(12(17)8-10)21-15(18)19)13(20)6-5-9-3-1-2-4-9;1-2-4-5-3-1;/h1-8,20H;1-5H;/q;-1;+2/p-1. The molecule has 2 aromatic rings. The normalized spacial score (nSPS) is 12.1.